The second-order valence-electron chi connectivity index (χ2n) is 7.92. The number of rotatable bonds is 5. The minimum absolute atomic E-state index is 0.506. The van der Waals surface area contributed by atoms with E-state index in [4.69, 9.17) is 10.7 Å². The first-order valence-electron chi connectivity index (χ1n) is 10.6. The number of nitrogen functional groups attached to an aromatic ring is 1. The van der Waals surface area contributed by atoms with Gasteiger partial charge in [-0.2, -0.15) is 9.61 Å². The number of benzene rings is 2. The maximum Gasteiger partial charge on any atom is 0.165 e. The predicted molar refractivity (Wildman–Crippen MR) is 136 cm³/mol. The summed E-state index contributed by atoms with van der Waals surface area (Å²) in [5, 5.41) is 4.53. The molecule has 3 heterocycles. The second kappa shape index (κ2) is 8.20. The highest BCUT2D eigenvalue weighted by molar-refractivity contribution is 5.88. The minimum Gasteiger partial charge on any atom is -0.383 e. The average molecular weight is 430 g/mol. The van der Waals surface area contributed by atoms with Crippen LogP contribution in [0.5, 0.6) is 0 Å². The molecule has 5 nitrogen and oxygen atoms in total. The molecule has 5 aromatic rings. The Morgan fingerprint density at radius 3 is 2.42 bits per heavy atom. The zero-order chi connectivity index (χ0) is 22.9. The van der Waals surface area contributed by atoms with Crippen LogP contribution in [0.1, 0.15) is 18.1 Å². The van der Waals surface area contributed by atoms with E-state index < -0.39 is 0 Å². The van der Waals surface area contributed by atoms with Gasteiger partial charge in [0.15, 0.2) is 5.65 Å². The fourth-order valence-electron chi connectivity index (χ4n) is 3.99. The Morgan fingerprint density at radius 2 is 1.73 bits per heavy atom. The molecule has 5 heteroatoms. The molecule has 5 rings (SSSR count). The number of allylic oxidation sites excluding steroid dienone is 1. The van der Waals surface area contributed by atoms with Crippen molar-refractivity contribution in [1.29, 1.82) is 0 Å². The molecular formula is C28H23N5. The number of pyridine rings is 1. The van der Waals surface area contributed by atoms with Gasteiger partial charge >= 0.3 is 0 Å². The van der Waals surface area contributed by atoms with Crippen molar-refractivity contribution in [2.45, 2.75) is 6.92 Å². The van der Waals surface area contributed by atoms with Crippen LogP contribution in [0.3, 0.4) is 0 Å². The van der Waals surface area contributed by atoms with Crippen molar-refractivity contribution in [2.75, 3.05) is 5.73 Å². The average Bonchev–Trinajstić information content (AvgIpc) is 3.29. The van der Waals surface area contributed by atoms with Gasteiger partial charge in [-0.3, -0.25) is 4.98 Å². The van der Waals surface area contributed by atoms with Crippen molar-refractivity contribution in [1.82, 2.24) is 19.6 Å². The molecule has 0 fully saturated rings. The highest BCUT2D eigenvalue weighted by Crippen LogP contribution is 2.35. The summed E-state index contributed by atoms with van der Waals surface area (Å²) in [6, 6.07) is 22.2. The van der Waals surface area contributed by atoms with Gasteiger partial charge in [-0.25, -0.2) is 4.98 Å². The summed E-state index contributed by atoms with van der Waals surface area (Å²) < 4.78 is 1.67. The van der Waals surface area contributed by atoms with Crippen LogP contribution in [0.2, 0.25) is 0 Å². The van der Waals surface area contributed by atoms with Crippen LogP contribution in [-0.4, -0.2) is 19.6 Å². The Morgan fingerprint density at radius 1 is 0.939 bits per heavy atom. The molecule has 2 N–H and O–H groups in total. The van der Waals surface area contributed by atoms with Gasteiger partial charge in [0, 0.05) is 34.0 Å². The van der Waals surface area contributed by atoms with Crippen molar-refractivity contribution in [3.63, 3.8) is 0 Å². The molecule has 0 saturated heterocycles. The van der Waals surface area contributed by atoms with E-state index in [2.05, 4.69) is 23.2 Å². The number of nitrogens with two attached hydrogens (primary N) is 1. The van der Waals surface area contributed by atoms with E-state index in [9.17, 15) is 0 Å². The third-order valence-corrected chi connectivity index (χ3v) is 5.65. The van der Waals surface area contributed by atoms with E-state index in [0.717, 1.165) is 50.3 Å². The molecule has 0 amide bonds. The molecular weight excluding hydrogens is 406 g/mol. The van der Waals surface area contributed by atoms with Gasteiger partial charge < -0.3 is 5.73 Å². The van der Waals surface area contributed by atoms with Crippen molar-refractivity contribution >= 4 is 23.1 Å². The van der Waals surface area contributed by atoms with E-state index in [1.165, 1.54) is 0 Å². The van der Waals surface area contributed by atoms with Crippen LogP contribution in [0, 0.1) is 0 Å². The molecule has 3 aromatic heterocycles. The molecule has 0 bridgehead atoms. The van der Waals surface area contributed by atoms with Gasteiger partial charge in [0.05, 0.1) is 17.6 Å². The van der Waals surface area contributed by atoms with Gasteiger partial charge in [0.2, 0.25) is 0 Å². The lowest BCUT2D eigenvalue weighted by atomic mass is 9.99. The SMILES string of the molecule is C=Cc1cccc(-c2nc3c(-c4ccc(-c5ccccc5)nc4)cnn3c(N)c2C(=C)C)c1. The van der Waals surface area contributed by atoms with Gasteiger partial charge in [-0.05, 0) is 30.2 Å². The van der Waals surface area contributed by atoms with Gasteiger partial charge in [0.1, 0.15) is 5.82 Å². The normalized spacial score (nSPS) is 10.9. The molecule has 0 aliphatic carbocycles. The van der Waals surface area contributed by atoms with E-state index in [0.29, 0.717) is 11.5 Å². The lowest BCUT2D eigenvalue weighted by molar-refractivity contribution is 0.950. The third kappa shape index (κ3) is 3.59. The predicted octanol–water partition coefficient (Wildman–Crippen LogP) is 6.38. The first-order chi connectivity index (χ1) is 16.1. The molecule has 0 atom stereocenters. The molecule has 0 aliphatic heterocycles. The fourth-order valence-corrected chi connectivity index (χ4v) is 3.99. The number of hydrogen-bond acceptors (Lipinski definition) is 4. The van der Waals surface area contributed by atoms with E-state index >= 15 is 0 Å². The summed E-state index contributed by atoms with van der Waals surface area (Å²) in [7, 11) is 0. The van der Waals surface area contributed by atoms with Crippen LogP contribution in [0.25, 0.3) is 50.9 Å². The number of aromatic nitrogens is 4. The first-order valence-corrected chi connectivity index (χ1v) is 10.6. The monoisotopic (exact) mass is 429 g/mol. The van der Waals surface area contributed by atoms with Crippen molar-refractivity contribution in [3.05, 3.63) is 103 Å². The van der Waals surface area contributed by atoms with E-state index in [1.54, 1.807) is 10.7 Å². The van der Waals surface area contributed by atoms with Crippen LogP contribution < -0.4 is 5.73 Å². The maximum atomic E-state index is 6.58. The Bertz CT molecular complexity index is 1500. The zero-order valence-electron chi connectivity index (χ0n) is 18.4. The highest BCUT2D eigenvalue weighted by atomic mass is 15.3. The summed E-state index contributed by atoms with van der Waals surface area (Å²) in [4.78, 5) is 9.68. The van der Waals surface area contributed by atoms with E-state index in [1.807, 2.05) is 85.9 Å². The lowest BCUT2D eigenvalue weighted by Crippen LogP contribution is -2.07. The molecule has 33 heavy (non-hydrogen) atoms. The molecule has 0 radical (unpaired) electrons. The van der Waals surface area contributed by atoms with Crippen LogP contribution in [0.15, 0.2) is 92.3 Å². The molecule has 2 aromatic carbocycles. The standard InChI is InChI=1S/C28H23N5/c1-4-19-9-8-12-21(15-19)26-25(18(2)3)27(29)33-28(32-26)23(17-31-33)22-13-14-24(30-16-22)20-10-6-5-7-11-20/h4-17H,1-2,29H2,3H3. The largest absolute Gasteiger partial charge is 0.383 e. The van der Waals surface area contributed by atoms with Crippen LogP contribution in [0.4, 0.5) is 5.82 Å². The zero-order valence-corrected chi connectivity index (χ0v) is 18.4. The van der Waals surface area contributed by atoms with Gasteiger partial charge in [-0.1, -0.05) is 73.8 Å². The maximum absolute atomic E-state index is 6.58. The Hall–Kier alpha value is -4.51. The highest BCUT2D eigenvalue weighted by Gasteiger charge is 2.19. The molecule has 160 valence electrons. The summed E-state index contributed by atoms with van der Waals surface area (Å²) >= 11 is 0. The number of nitrogens with zero attached hydrogens (tertiary/aromatic N) is 4. The van der Waals surface area contributed by atoms with Crippen molar-refractivity contribution < 1.29 is 0 Å². The lowest BCUT2D eigenvalue weighted by Gasteiger charge is -2.14. The van der Waals surface area contributed by atoms with Gasteiger partial charge in [-0.15, -0.1) is 0 Å². The minimum atomic E-state index is 0.506. The Labute approximate surface area is 192 Å². The van der Waals surface area contributed by atoms with Crippen LogP contribution >= 0.6 is 0 Å². The summed E-state index contributed by atoms with van der Waals surface area (Å²) in [6.45, 7) is 9.94. The smallest absolute Gasteiger partial charge is 0.165 e. The van der Waals surface area contributed by atoms with Crippen molar-refractivity contribution in [2.24, 2.45) is 0 Å². The van der Waals surface area contributed by atoms with Gasteiger partial charge in [0.25, 0.3) is 0 Å². The number of anilines is 1. The molecule has 0 saturated carbocycles. The number of hydrogen-bond donors (Lipinski definition) is 1. The summed E-state index contributed by atoms with van der Waals surface area (Å²) in [6.07, 6.45) is 5.45. The summed E-state index contributed by atoms with van der Waals surface area (Å²) in [5.41, 5.74) is 15.4. The molecule has 0 spiro atoms. The van der Waals surface area contributed by atoms with E-state index in [-0.39, 0.29) is 0 Å². The molecule has 0 aliphatic rings. The third-order valence-electron chi connectivity index (χ3n) is 5.65. The summed E-state index contributed by atoms with van der Waals surface area (Å²) in [5.74, 6) is 0.506. The first kappa shape index (κ1) is 20.4. The molecule has 0 unspecified atom stereocenters. The quantitative estimate of drug-likeness (QED) is 0.352. The van der Waals surface area contributed by atoms with Crippen LogP contribution in [-0.2, 0) is 0 Å². The van der Waals surface area contributed by atoms with Crippen molar-refractivity contribution in [3.8, 4) is 33.6 Å². The topological polar surface area (TPSA) is 69.1 Å². The Kier molecular flexibility index (Phi) is 5.07. The number of fused-ring (bicyclic) bond motifs is 1. The Balaban J connectivity index is 1.68. The fraction of sp³-hybridized carbons (Fsp3) is 0.0357. The second-order valence-corrected chi connectivity index (χ2v) is 7.92.